The van der Waals surface area contributed by atoms with Crippen molar-refractivity contribution < 1.29 is 18.7 Å². The Bertz CT molecular complexity index is 861. The minimum absolute atomic E-state index is 0.0368. The van der Waals surface area contributed by atoms with Crippen LogP contribution in [0.15, 0.2) is 34.7 Å². The fraction of sp³-hybridized carbons (Fsp3) is 0.450. The van der Waals surface area contributed by atoms with Gasteiger partial charge in [0.25, 0.3) is 0 Å². The van der Waals surface area contributed by atoms with E-state index in [1.807, 2.05) is 42.2 Å². The van der Waals surface area contributed by atoms with Crippen molar-refractivity contribution in [1.82, 2.24) is 4.90 Å². The van der Waals surface area contributed by atoms with E-state index in [0.717, 1.165) is 61.3 Å². The maximum Gasteiger partial charge on any atom is 0.231 e. The first-order valence-electron chi connectivity index (χ1n) is 9.08. The number of hydrogen-bond acceptors (Lipinski definition) is 5. The van der Waals surface area contributed by atoms with Crippen molar-refractivity contribution in [3.63, 3.8) is 0 Å². The molecule has 0 unspecified atom stereocenters. The number of carbonyl (C=O) groups excluding carboxylic acids is 1. The normalized spacial score (nSPS) is 25.0. The number of aryl methyl sites for hydroxylation is 1. The third-order valence-electron chi connectivity index (χ3n) is 5.68. The number of rotatable bonds is 3. The van der Waals surface area contributed by atoms with E-state index in [4.69, 9.17) is 13.9 Å². The smallest absolute Gasteiger partial charge is 0.231 e. The van der Waals surface area contributed by atoms with Gasteiger partial charge in [-0.05, 0) is 44.2 Å². The summed E-state index contributed by atoms with van der Waals surface area (Å²) in [4.78, 5) is 17.0. The van der Waals surface area contributed by atoms with Gasteiger partial charge in [-0.3, -0.25) is 9.69 Å². The molecule has 6 heteroatoms. The second-order valence-corrected chi connectivity index (χ2v) is 7.67. The van der Waals surface area contributed by atoms with Crippen LogP contribution in [-0.4, -0.2) is 37.2 Å². The molecule has 1 aromatic carbocycles. The van der Waals surface area contributed by atoms with Crippen LogP contribution in [0.5, 0.6) is 11.5 Å². The quantitative estimate of drug-likeness (QED) is 0.848. The Morgan fingerprint density at radius 3 is 2.85 bits per heavy atom. The first kappa shape index (κ1) is 15.8. The molecule has 1 atom stereocenters. The molecule has 136 valence electrons. The lowest BCUT2D eigenvalue weighted by molar-refractivity contribution is -0.117. The van der Waals surface area contributed by atoms with E-state index in [0.29, 0.717) is 6.42 Å². The van der Waals surface area contributed by atoms with Crippen LogP contribution in [0.3, 0.4) is 0 Å². The van der Waals surface area contributed by atoms with Gasteiger partial charge < -0.3 is 18.8 Å². The largest absolute Gasteiger partial charge is 0.465 e. The molecule has 4 heterocycles. The number of likely N-dealkylation sites (tertiary alicyclic amines) is 1. The number of hydrogen-bond donors (Lipinski definition) is 0. The van der Waals surface area contributed by atoms with E-state index in [2.05, 4.69) is 4.90 Å². The predicted octanol–water partition coefficient (Wildman–Crippen LogP) is 2.95. The summed E-state index contributed by atoms with van der Waals surface area (Å²) in [6.07, 6.45) is 1.65. The molecule has 2 saturated heterocycles. The van der Waals surface area contributed by atoms with Gasteiger partial charge in [0.05, 0.1) is 6.54 Å². The first-order chi connectivity index (χ1) is 12.6. The zero-order valence-electron chi connectivity index (χ0n) is 14.9. The Kier molecular flexibility index (Phi) is 3.50. The fourth-order valence-electron chi connectivity index (χ4n) is 4.41. The highest BCUT2D eigenvalue weighted by atomic mass is 16.7. The van der Waals surface area contributed by atoms with E-state index in [1.54, 1.807) is 0 Å². The fourth-order valence-corrected chi connectivity index (χ4v) is 4.41. The molecule has 3 aliphatic rings. The summed E-state index contributed by atoms with van der Waals surface area (Å²) in [5, 5.41) is 0. The number of fused-ring (bicyclic) bond motifs is 1. The first-order valence-corrected chi connectivity index (χ1v) is 9.08. The molecule has 0 bridgehead atoms. The lowest BCUT2D eigenvalue weighted by Gasteiger charge is -2.24. The van der Waals surface area contributed by atoms with Crippen LogP contribution in [0, 0.1) is 12.3 Å². The molecule has 1 amide bonds. The average molecular weight is 354 g/mol. The molecule has 2 aromatic rings. The van der Waals surface area contributed by atoms with Crippen LogP contribution in [0.25, 0.3) is 0 Å². The highest BCUT2D eigenvalue weighted by Crippen LogP contribution is 2.44. The molecular weight excluding hydrogens is 332 g/mol. The maximum absolute atomic E-state index is 12.7. The van der Waals surface area contributed by atoms with Gasteiger partial charge in [-0.1, -0.05) is 0 Å². The average Bonchev–Trinajstić information content (AvgIpc) is 3.37. The molecule has 26 heavy (non-hydrogen) atoms. The van der Waals surface area contributed by atoms with E-state index < -0.39 is 0 Å². The number of benzene rings is 1. The molecule has 6 nitrogen and oxygen atoms in total. The number of ether oxygens (including phenoxy) is 2. The van der Waals surface area contributed by atoms with Gasteiger partial charge >= 0.3 is 0 Å². The summed E-state index contributed by atoms with van der Waals surface area (Å²) >= 11 is 0. The summed E-state index contributed by atoms with van der Waals surface area (Å²) in [6, 6.07) is 9.79. The van der Waals surface area contributed by atoms with E-state index in [9.17, 15) is 4.79 Å². The standard InChI is InChI=1S/C20H22N2O4/c1-14-2-4-16(26-14)10-21-7-6-20(11-21)9-19(23)22(12-20)15-3-5-17-18(8-15)25-13-24-17/h2-5,8H,6-7,9-13H2,1H3/t20-/m1/s1. The lowest BCUT2D eigenvalue weighted by Crippen LogP contribution is -2.31. The third kappa shape index (κ3) is 2.65. The SMILES string of the molecule is Cc1ccc(CN2CC[C@@]3(CC(=O)N(c4ccc5c(c4)OCO5)C3)C2)o1. The van der Waals surface area contributed by atoms with E-state index in [1.165, 1.54) is 0 Å². The van der Waals surface area contributed by atoms with Crippen LogP contribution in [-0.2, 0) is 11.3 Å². The number of nitrogens with zero attached hydrogens (tertiary/aromatic N) is 2. The van der Waals surface area contributed by atoms with Gasteiger partial charge in [0, 0.05) is 36.7 Å². The molecule has 0 aliphatic carbocycles. The van der Waals surface area contributed by atoms with Crippen LogP contribution in [0.1, 0.15) is 24.4 Å². The minimum Gasteiger partial charge on any atom is -0.465 e. The molecule has 2 fully saturated rings. The molecule has 1 spiro atoms. The van der Waals surface area contributed by atoms with Crippen molar-refractivity contribution >= 4 is 11.6 Å². The molecule has 0 saturated carbocycles. The molecular formula is C20H22N2O4. The van der Waals surface area contributed by atoms with Crippen molar-refractivity contribution in [2.75, 3.05) is 31.3 Å². The van der Waals surface area contributed by atoms with Crippen molar-refractivity contribution in [1.29, 1.82) is 0 Å². The van der Waals surface area contributed by atoms with Crippen LogP contribution in [0.2, 0.25) is 0 Å². The molecule has 1 aromatic heterocycles. The Morgan fingerprint density at radius 1 is 1.12 bits per heavy atom. The zero-order valence-corrected chi connectivity index (χ0v) is 14.9. The summed E-state index contributed by atoms with van der Waals surface area (Å²) in [7, 11) is 0. The number of amides is 1. The van der Waals surface area contributed by atoms with Gasteiger partial charge in [0.15, 0.2) is 11.5 Å². The number of furan rings is 1. The van der Waals surface area contributed by atoms with Gasteiger partial charge in [-0.15, -0.1) is 0 Å². The van der Waals surface area contributed by atoms with Gasteiger partial charge in [-0.25, -0.2) is 0 Å². The number of carbonyl (C=O) groups is 1. The van der Waals surface area contributed by atoms with Gasteiger partial charge in [0.2, 0.25) is 12.7 Å². The molecule has 5 rings (SSSR count). The highest BCUT2D eigenvalue weighted by Gasteiger charge is 2.47. The van der Waals surface area contributed by atoms with Crippen LogP contribution in [0.4, 0.5) is 5.69 Å². The van der Waals surface area contributed by atoms with Crippen LogP contribution < -0.4 is 14.4 Å². The summed E-state index contributed by atoms with van der Waals surface area (Å²) in [6.45, 7) is 5.72. The third-order valence-corrected chi connectivity index (χ3v) is 5.68. The van der Waals surface area contributed by atoms with Crippen molar-refractivity contribution in [3.8, 4) is 11.5 Å². The predicted molar refractivity (Wildman–Crippen MR) is 95.3 cm³/mol. The summed E-state index contributed by atoms with van der Waals surface area (Å²) in [5.74, 6) is 3.60. The van der Waals surface area contributed by atoms with Gasteiger partial charge in [0.1, 0.15) is 11.5 Å². The lowest BCUT2D eigenvalue weighted by atomic mass is 9.86. The topological polar surface area (TPSA) is 55.2 Å². The Morgan fingerprint density at radius 2 is 2.00 bits per heavy atom. The summed E-state index contributed by atoms with van der Waals surface area (Å²) < 4.78 is 16.5. The van der Waals surface area contributed by atoms with Gasteiger partial charge in [-0.2, -0.15) is 0 Å². The molecule has 3 aliphatic heterocycles. The van der Waals surface area contributed by atoms with E-state index >= 15 is 0 Å². The van der Waals surface area contributed by atoms with Crippen molar-refractivity contribution in [3.05, 3.63) is 41.9 Å². The second-order valence-electron chi connectivity index (χ2n) is 7.67. The van der Waals surface area contributed by atoms with Crippen molar-refractivity contribution in [2.45, 2.75) is 26.3 Å². The number of anilines is 1. The Balaban J connectivity index is 1.30. The molecule has 0 radical (unpaired) electrons. The zero-order chi connectivity index (χ0) is 17.7. The second kappa shape index (κ2) is 5.77. The monoisotopic (exact) mass is 354 g/mol. The summed E-state index contributed by atoms with van der Waals surface area (Å²) in [5.41, 5.74) is 0.936. The molecule has 0 N–H and O–H groups in total. The van der Waals surface area contributed by atoms with Crippen LogP contribution >= 0.6 is 0 Å². The highest BCUT2D eigenvalue weighted by molar-refractivity contribution is 5.96. The Hall–Kier alpha value is -2.47. The minimum atomic E-state index is 0.0368. The van der Waals surface area contributed by atoms with E-state index in [-0.39, 0.29) is 18.1 Å². The Labute approximate surface area is 152 Å². The van der Waals surface area contributed by atoms with Crippen molar-refractivity contribution in [2.24, 2.45) is 5.41 Å². The maximum atomic E-state index is 12.7.